The van der Waals surface area contributed by atoms with Crippen LogP contribution in [-0.4, -0.2) is 42.7 Å². The van der Waals surface area contributed by atoms with E-state index < -0.39 is 5.41 Å². The molecule has 0 radical (unpaired) electrons. The molecule has 2 aliphatic rings. The molecule has 0 bridgehead atoms. The average Bonchev–Trinajstić information content (AvgIpc) is 3.44. The number of nitrogens with zero attached hydrogens (tertiary/aromatic N) is 4. The van der Waals surface area contributed by atoms with Crippen LogP contribution in [0.2, 0.25) is 0 Å². The molecule has 47 heavy (non-hydrogen) atoms. The van der Waals surface area contributed by atoms with Crippen molar-refractivity contribution in [1.29, 1.82) is 5.41 Å². The lowest BCUT2D eigenvalue weighted by molar-refractivity contribution is 0.730. The number of fused-ring (bicyclic) bond motifs is 3. The first-order valence-electron chi connectivity index (χ1n) is 16.1. The molecule has 1 unspecified atom stereocenters. The monoisotopic (exact) mass is 620 g/mol. The summed E-state index contributed by atoms with van der Waals surface area (Å²) >= 11 is 0. The van der Waals surface area contributed by atoms with Gasteiger partial charge < -0.3 is 10.7 Å². The van der Waals surface area contributed by atoms with Gasteiger partial charge in [0.05, 0.1) is 12.0 Å². The second-order valence-corrected chi connectivity index (χ2v) is 10.7. The molecule has 238 valence electrons. The highest BCUT2D eigenvalue weighted by atomic mass is 15.0. The molecule has 0 saturated carbocycles. The van der Waals surface area contributed by atoms with Crippen LogP contribution in [0.25, 0.3) is 11.1 Å². The maximum absolute atomic E-state index is 7.78. The Hall–Kier alpha value is -5.49. The Kier molecular flexibility index (Phi) is 12.2. The molecule has 2 N–H and O–H groups in total. The van der Waals surface area contributed by atoms with E-state index in [1.54, 1.807) is 24.5 Å². The zero-order valence-corrected chi connectivity index (χ0v) is 27.9. The van der Waals surface area contributed by atoms with Crippen LogP contribution >= 0.6 is 0 Å². The minimum Gasteiger partial charge on any atom is -0.387 e. The largest absolute Gasteiger partial charge is 0.387 e. The van der Waals surface area contributed by atoms with Gasteiger partial charge >= 0.3 is 0 Å². The van der Waals surface area contributed by atoms with Gasteiger partial charge in [0.15, 0.2) is 11.7 Å². The smallest absolute Gasteiger partial charge is 0.161 e. The molecular formula is C41H44N6. The second-order valence-electron chi connectivity index (χ2n) is 10.7. The first kappa shape index (κ1) is 34.4. The highest BCUT2D eigenvalue weighted by molar-refractivity contribution is 6.16. The third-order valence-electron chi connectivity index (χ3n) is 8.08. The molecule has 3 aromatic rings. The van der Waals surface area contributed by atoms with Gasteiger partial charge in [0.2, 0.25) is 0 Å². The summed E-state index contributed by atoms with van der Waals surface area (Å²) in [5, 5.41) is 11.1. The number of benzene rings is 2. The molecular weight excluding hydrogens is 576 g/mol. The fourth-order valence-corrected chi connectivity index (χ4v) is 6.11. The van der Waals surface area contributed by atoms with Gasteiger partial charge in [0.1, 0.15) is 0 Å². The zero-order chi connectivity index (χ0) is 33.6. The van der Waals surface area contributed by atoms with Crippen LogP contribution in [0.4, 0.5) is 0 Å². The van der Waals surface area contributed by atoms with Gasteiger partial charge in [0.25, 0.3) is 0 Å². The molecule has 1 aliphatic heterocycles. The predicted octanol–water partition coefficient (Wildman–Crippen LogP) is 8.99. The summed E-state index contributed by atoms with van der Waals surface area (Å²) in [6.07, 6.45) is 22.2. The highest BCUT2D eigenvalue weighted by Gasteiger charge is 2.47. The van der Waals surface area contributed by atoms with Crippen LogP contribution in [0.15, 0.2) is 154 Å². The molecule has 2 heterocycles. The number of hydrogen-bond donors (Lipinski definition) is 2. The van der Waals surface area contributed by atoms with Crippen molar-refractivity contribution in [3.63, 3.8) is 0 Å². The Bertz CT molecular complexity index is 1820. The molecule has 2 aromatic carbocycles. The lowest BCUT2D eigenvalue weighted by Gasteiger charge is -2.36. The summed E-state index contributed by atoms with van der Waals surface area (Å²) in [6, 6.07) is 18.8. The number of hydrogen-bond acceptors (Lipinski definition) is 4. The van der Waals surface area contributed by atoms with E-state index in [0.717, 1.165) is 35.2 Å². The van der Waals surface area contributed by atoms with Crippen LogP contribution < -0.4 is 5.32 Å². The predicted molar refractivity (Wildman–Crippen MR) is 201 cm³/mol. The summed E-state index contributed by atoms with van der Waals surface area (Å²) in [5.74, 6) is 0.925. The van der Waals surface area contributed by atoms with E-state index in [9.17, 15) is 0 Å². The van der Waals surface area contributed by atoms with Crippen molar-refractivity contribution in [3.05, 3.63) is 161 Å². The molecule has 0 saturated heterocycles. The fraction of sp³-hybridized carbons (Fsp3) is 0.195. The number of amidine groups is 2. The molecule has 0 amide bonds. The van der Waals surface area contributed by atoms with E-state index in [0.29, 0.717) is 17.2 Å². The topological polar surface area (TPSA) is 85.8 Å². The molecule has 1 aliphatic carbocycles. The Labute approximate surface area is 279 Å². The van der Waals surface area contributed by atoms with Crippen LogP contribution in [0.5, 0.6) is 0 Å². The normalized spacial score (nSPS) is 17.6. The van der Waals surface area contributed by atoms with E-state index in [2.05, 4.69) is 115 Å². The number of rotatable bonds is 10. The minimum atomic E-state index is -0.500. The second kappa shape index (κ2) is 16.7. The van der Waals surface area contributed by atoms with E-state index in [1.165, 1.54) is 28.5 Å². The molecule has 0 fully saturated rings. The summed E-state index contributed by atoms with van der Waals surface area (Å²) in [6.45, 7) is 17.1. The summed E-state index contributed by atoms with van der Waals surface area (Å²) in [4.78, 5) is 18.6. The summed E-state index contributed by atoms with van der Waals surface area (Å²) in [7, 11) is 0. The lowest BCUT2D eigenvalue weighted by Crippen LogP contribution is -2.31. The lowest BCUT2D eigenvalue weighted by atomic mass is 9.66. The number of allylic oxidation sites excluding steroid dienone is 8. The van der Waals surface area contributed by atoms with Crippen molar-refractivity contribution in [2.45, 2.75) is 39.5 Å². The Morgan fingerprint density at radius 3 is 2.53 bits per heavy atom. The van der Waals surface area contributed by atoms with Crippen LogP contribution in [0.1, 0.15) is 56.4 Å². The van der Waals surface area contributed by atoms with Gasteiger partial charge in [0, 0.05) is 36.3 Å². The van der Waals surface area contributed by atoms with Crippen molar-refractivity contribution >= 4 is 24.6 Å². The minimum absolute atomic E-state index is 0.260. The Balaban J connectivity index is 0.00000245. The van der Waals surface area contributed by atoms with Gasteiger partial charge in [-0.15, -0.1) is 0 Å². The summed E-state index contributed by atoms with van der Waals surface area (Å²) in [5.41, 5.74) is 8.89. The Morgan fingerprint density at radius 2 is 1.85 bits per heavy atom. The summed E-state index contributed by atoms with van der Waals surface area (Å²) < 4.78 is 0. The van der Waals surface area contributed by atoms with E-state index >= 15 is 0 Å². The van der Waals surface area contributed by atoms with Crippen molar-refractivity contribution in [3.8, 4) is 11.1 Å². The zero-order valence-electron chi connectivity index (χ0n) is 27.9. The SMILES string of the molecule is C=C/C=C(\C=N)CN=C(N=C(N=C)c1cccc2c1-c1ccccc1C2(C1=CCNC=C1)/C(C)=C/C=C\CC)c1cccnc1.CC. The number of pyridine rings is 1. The molecule has 5 rings (SSSR count). The maximum Gasteiger partial charge on any atom is 0.161 e. The molecule has 6 heteroatoms. The molecule has 1 atom stereocenters. The van der Waals surface area contributed by atoms with Crippen LogP contribution in [0, 0.1) is 5.41 Å². The Morgan fingerprint density at radius 1 is 1.04 bits per heavy atom. The standard InChI is InChI=1S/C39H38N6.C2H6/c1-5-7-8-14-28(3)39(31-20-23-42-24-21-31)34-18-10-9-16-32(34)36-33(17-11-19-35(36)39)38(41-4)45-37(30-15-12-22-43-27-30)44-26-29(25-40)13-6-2;1-2/h6-23,25,27,40,42H,2,4-5,24,26H2,1,3H3;1-2H3/b8-7-,28-14+,29-13+,40-25?,44-37?,45-38?;. The van der Waals surface area contributed by atoms with Gasteiger partial charge in [-0.1, -0.05) is 112 Å². The first-order valence-corrected chi connectivity index (χ1v) is 16.1. The molecule has 0 spiro atoms. The first-order chi connectivity index (χ1) is 23.1. The van der Waals surface area contributed by atoms with Crippen LogP contribution in [-0.2, 0) is 5.41 Å². The highest BCUT2D eigenvalue weighted by Crippen LogP contribution is 2.57. The van der Waals surface area contributed by atoms with Gasteiger partial charge in [-0.25, -0.2) is 9.98 Å². The van der Waals surface area contributed by atoms with Gasteiger partial charge in [-0.2, -0.15) is 0 Å². The van der Waals surface area contributed by atoms with Gasteiger partial charge in [-0.05, 0) is 77.9 Å². The van der Waals surface area contributed by atoms with Crippen molar-refractivity contribution in [2.24, 2.45) is 15.0 Å². The maximum atomic E-state index is 7.78. The van der Waals surface area contributed by atoms with E-state index in [4.69, 9.17) is 15.4 Å². The average molecular weight is 621 g/mol. The van der Waals surface area contributed by atoms with E-state index in [1.807, 2.05) is 32.2 Å². The number of nitrogens with one attached hydrogen (secondary N) is 2. The third-order valence-corrected chi connectivity index (χ3v) is 8.08. The van der Waals surface area contributed by atoms with Crippen molar-refractivity contribution < 1.29 is 0 Å². The van der Waals surface area contributed by atoms with Crippen molar-refractivity contribution in [1.82, 2.24) is 10.3 Å². The number of aliphatic imine (C=N–C) groups is 3. The van der Waals surface area contributed by atoms with Gasteiger partial charge in [-0.3, -0.25) is 9.98 Å². The van der Waals surface area contributed by atoms with E-state index in [-0.39, 0.29) is 6.54 Å². The third kappa shape index (κ3) is 7.02. The number of aromatic nitrogens is 1. The molecule has 6 nitrogen and oxygen atoms in total. The fourth-order valence-electron chi connectivity index (χ4n) is 6.11. The van der Waals surface area contributed by atoms with Crippen molar-refractivity contribution in [2.75, 3.05) is 13.1 Å². The number of dihydropyridines is 1. The van der Waals surface area contributed by atoms with Crippen LogP contribution in [0.3, 0.4) is 0 Å². The quantitative estimate of drug-likeness (QED) is 0.135. The molecule has 1 aromatic heterocycles.